The van der Waals surface area contributed by atoms with Crippen molar-refractivity contribution in [2.24, 2.45) is 17.3 Å². The van der Waals surface area contributed by atoms with Gasteiger partial charge in [0.05, 0.1) is 6.10 Å². The molecule has 2 atom stereocenters. The molecule has 0 aliphatic carbocycles. The zero-order chi connectivity index (χ0) is 17.9. The zero-order valence-electron chi connectivity index (χ0n) is 15.1. The summed E-state index contributed by atoms with van der Waals surface area (Å²) in [5.41, 5.74) is 0.753. The second kappa shape index (κ2) is 7.20. The minimum Gasteiger partial charge on any atom is -0.475 e. The van der Waals surface area contributed by atoms with E-state index < -0.39 is 5.92 Å². The number of hydrogen-bond donors (Lipinski definition) is 2. The van der Waals surface area contributed by atoms with Crippen molar-refractivity contribution >= 4 is 11.8 Å². The molecule has 0 radical (unpaired) electrons. The van der Waals surface area contributed by atoms with Crippen LogP contribution in [0, 0.1) is 17.3 Å². The van der Waals surface area contributed by atoms with Crippen molar-refractivity contribution in [1.29, 1.82) is 0 Å². The molecule has 0 aromatic carbocycles. The topological polar surface area (TPSA) is 80.3 Å². The molecule has 1 saturated heterocycles. The molecule has 1 aromatic rings. The van der Waals surface area contributed by atoms with Crippen LogP contribution in [0.3, 0.4) is 0 Å². The molecule has 0 unspecified atom stereocenters. The summed E-state index contributed by atoms with van der Waals surface area (Å²) in [6, 6.07) is 3.64. The Morgan fingerprint density at radius 1 is 1.42 bits per heavy atom. The number of nitrogens with zero attached hydrogens (tertiary/aromatic N) is 1. The maximum Gasteiger partial charge on any atom is 0.233 e. The summed E-state index contributed by atoms with van der Waals surface area (Å²) in [6.07, 6.45) is 1.74. The van der Waals surface area contributed by atoms with E-state index >= 15 is 0 Å². The largest absolute Gasteiger partial charge is 0.475 e. The molecule has 1 aromatic heterocycles. The summed E-state index contributed by atoms with van der Waals surface area (Å²) in [5, 5.41) is 5.66. The third-order valence-corrected chi connectivity index (χ3v) is 4.20. The molecule has 6 heteroatoms. The Labute approximate surface area is 143 Å². The number of pyridine rings is 1. The van der Waals surface area contributed by atoms with Crippen LogP contribution in [0.4, 0.5) is 0 Å². The number of aromatic nitrogens is 1. The molecule has 2 N–H and O–H groups in total. The van der Waals surface area contributed by atoms with E-state index in [1.807, 2.05) is 19.9 Å². The number of carbonyl (C=O) groups excluding carboxylic acids is 2. The van der Waals surface area contributed by atoms with Gasteiger partial charge in [0.15, 0.2) is 0 Å². The minimum atomic E-state index is -0.637. The number of nitrogens with one attached hydrogen (secondary N) is 2. The lowest BCUT2D eigenvalue weighted by molar-refractivity contribution is -0.135. The molecule has 6 nitrogen and oxygen atoms in total. The first-order valence-electron chi connectivity index (χ1n) is 8.35. The number of ether oxygens (including phenoxy) is 1. The smallest absolute Gasteiger partial charge is 0.233 e. The molecule has 0 saturated carbocycles. The number of carbonyl (C=O) groups is 2. The third kappa shape index (κ3) is 4.46. The van der Waals surface area contributed by atoms with Crippen molar-refractivity contribution < 1.29 is 14.3 Å². The van der Waals surface area contributed by atoms with Crippen molar-refractivity contribution in [3.63, 3.8) is 0 Å². The van der Waals surface area contributed by atoms with E-state index in [4.69, 9.17) is 4.74 Å². The van der Waals surface area contributed by atoms with Gasteiger partial charge >= 0.3 is 0 Å². The Morgan fingerprint density at radius 2 is 2.12 bits per heavy atom. The zero-order valence-corrected chi connectivity index (χ0v) is 15.1. The highest BCUT2D eigenvalue weighted by Gasteiger charge is 2.45. The fourth-order valence-corrected chi connectivity index (χ4v) is 2.85. The highest BCUT2D eigenvalue weighted by molar-refractivity contribution is 6.02. The van der Waals surface area contributed by atoms with E-state index in [1.54, 1.807) is 12.3 Å². The summed E-state index contributed by atoms with van der Waals surface area (Å²) in [4.78, 5) is 28.7. The molecular formula is C18H27N3O3. The highest BCUT2D eigenvalue weighted by Crippen LogP contribution is 2.35. The maximum absolute atomic E-state index is 12.5. The van der Waals surface area contributed by atoms with Crippen LogP contribution in [0.15, 0.2) is 18.3 Å². The Bertz CT molecular complexity index is 591. The van der Waals surface area contributed by atoms with Crippen LogP contribution >= 0.6 is 0 Å². The maximum atomic E-state index is 12.5. The van der Waals surface area contributed by atoms with E-state index in [2.05, 4.69) is 36.4 Å². The molecule has 1 fully saturated rings. The summed E-state index contributed by atoms with van der Waals surface area (Å²) >= 11 is 0. The number of hydrogen-bond acceptors (Lipinski definition) is 4. The van der Waals surface area contributed by atoms with Gasteiger partial charge in [-0.25, -0.2) is 4.98 Å². The van der Waals surface area contributed by atoms with E-state index in [0.29, 0.717) is 19.0 Å². The van der Waals surface area contributed by atoms with E-state index in [0.717, 1.165) is 5.56 Å². The monoisotopic (exact) mass is 333 g/mol. The molecular weight excluding hydrogens is 306 g/mol. The van der Waals surface area contributed by atoms with Gasteiger partial charge in [-0.1, -0.05) is 26.8 Å². The van der Waals surface area contributed by atoms with Gasteiger partial charge in [-0.3, -0.25) is 9.59 Å². The van der Waals surface area contributed by atoms with Crippen LogP contribution in [0.1, 0.15) is 40.2 Å². The van der Waals surface area contributed by atoms with Crippen LogP contribution < -0.4 is 15.4 Å². The van der Waals surface area contributed by atoms with E-state index in [9.17, 15) is 9.59 Å². The van der Waals surface area contributed by atoms with Crippen molar-refractivity contribution in [2.75, 3.05) is 6.54 Å². The molecule has 2 amide bonds. The normalized spacial score (nSPS) is 20.8. The van der Waals surface area contributed by atoms with E-state index in [-0.39, 0.29) is 29.3 Å². The van der Waals surface area contributed by atoms with Gasteiger partial charge in [0, 0.05) is 31.3 Å². The average Bonchev–Trinajstić information content (AvgIpc) is 2.87. The standard InChI is InChI=1S/C18H27N3O3/c1-11(2)24-14-7-6-12(8-19-14)9-20-16(22)15-13(18(3,4)5)10-21-17(15)23/h6-8,11,13,15H,9-10H2,1-5H3,(H,20,22)(H,21,23)/t13-,15+/m1/s1. The SMILES string of the molecule is CC(C)Oc1ccc(CNC(=O)[C@H]2C(=O)NC[C@H]2C(C)(C)C)cn1. The van der Waals surface area contributed by atoms with E-state index in [1.165, 1.54) is 0 Å². The molecule has 0 bridgehead atoms. The van der Waals surface area contributed by atoms with Gasteiger partial charge in [0.2, 0.25) is 17.7 Å². The molecule has 2 rings (SSSR count). The average molecular weight is 333 g/mol. The molecule has 1 aliphatic heterocycles. The van der Waals surface area contributed by atoms with Gasteiger partial charge in [0.1, 0.15) is 5.92 Å². The summed E-state index contributed by atoms with van der Waals surface area (Å²) in [7, 11) is 0. The lowest BCUT2D eigenvalue weighted by Gasteiger charge is -2.29. The lowest BCUT2D eigenvalue weighted by Crippen LogP contribution is -2.40. The number of rotatable bonds is 5. The van der Waals surface area contributed by atoms with Crippen molar-refractivity contribution in [2.45, 2.75) is 47.3 Å². The van der Waals surface area contributed by atoms with Gasteiger partial charge in [0.25, 0.3) is 0 Å². The van der Waals surface area contributed by atoms with Crippen LogP contribution in [0.5, 0.6) is 5.88 Å². The molecule has 24 heavy (non-hydrogen) atoms. The van der Waals surface area contributed by atoms with Gasteiger partial charge in [-0.15, -0.1) is 0 Å². The van der Waals surface area contributed by atoms with Gasteiger partial charge in [-0.05, 0) is 24.8 Å². The van der Waals surface area contributed by atoms with Crippen molar-refractivity contribution in [1.82, 2.24) is 15.6 Å². The first kappa shape index (κ1) is 18.2. The molecule has 132 valence electrons. The Hall–Kier alpha value is -2.11. The van der Waals surface area contributed by atoms with Gasteiger partial charge < -0.3 is 15.4 Å². The summed E-state index contributed by atoms with van der Waals surface area (Å²) < 4.78 is 5.49. The predicted octanol–water partition coefficient (Wildman–Crippen LogP) is 1.89. The molecule has 2 heterocycles. The molecule has 0 spiro atoms. The van der Waals surface area contributed by atoms with Gasteiger partial charge in [-0.2, -0.15) is 0 Å². The van der Waals surface area contributed by atoms with Crippen LogP contribution in [-0.2, 0) is 16.1 Å². The van der Waals surface area contributed by atoms with Crippen LogP contribution in [0.25, 0.3) is 0 Å². The quantitative estimate of drug-likeness (QED) is 0.807. The fraction of sp³-hybridized carbons (Fsp3) is 0.611. The lowest BCUT2D eigenvalue weighted by atomic mass is 9.74. The summed E-state index contributed by atoms with van der Waals surface area (Å²) in [5.74, 6) is -0.506. The number of amides is 2. The third-order valence-electron chi connectivity index (χ3n) is 4.20. The van der Waals surface area contributed by atoms with Crippen molar-refractivity contribution in [3.05, 3.63) is 23.9 Å². The van der Waals surface area contributed by atoms with Crippen LogP contribution in [-0.4, -0.2) is 29.4 Å². The van der Waals surface area contributed by atoms with Crippen molar-refractivity contribution in [3.8, 4) is 5.88 Å². The first-order valence-corrected chi connectivity index (χ1v) is 8.35. The Kier molecular flexibility index (Phi) is 5.47. The highest BCUT2D eigenvalue weighted by atomic mass is 16.5. The Balaban J connectivity index is 1.96. The predicted molar refractivity (Wildman–Crippen MR) is 91.3 cm³/mol. The molecule has 1 aliphatic rings. The van der Waals surface area contributed by atoms with Crippen LogP contribution in [0.2, 0.25) is 0 Å². The first-order chi connectivity index (χ1) is 11.2. The summed E-state index contributed by atoms with van der Waals surface area (Å²) in [6.45, 7) is 10.9. The second-order valence-electron chi connectivity index (χ2n) is 7.58. The fourth-order valence-electron chi connectivity index (χ4n) is 2.85. The second-order valence-corrected chi connectivity index (χ2v) is 7.58. The minimum absolute atomic E-state index is 0.00931. The Morgan fingerprint density at radius 3 is 2.67 bits per heavy atom.